The number of likely N-dealkylation sites (tertiary alicyclic amines) is 1. The molecule has 8 heteroatoms. The summed E-state index contributed by atoms with van der Waals surface area (Å²) >= 11 is 5.90. The van der Waals surface area contributed by atoms with Gasteiger partial charge in [0, 0.05) is 42.6 Å². The molecule has 3 rings (SSSR count). The third-order valence-electron chi connectivity index (χ3n) is 4.48. The number of nitrogens with zero attached hydrogens (tertiary/aromatic N) is 2. The normalized spacial score (nSPS) is 18.6. The van der Waals surface area contributed by atoms with Crippen LogP contribution in [-0.4, -0.2) is 58.0 Å². The van der Waals surface area contributed by atoms with Gasteiger partial charge in [-0.05, 0) is 35.9 Å². The largest absolute Gasteiger partial charge is 0.507 e. The van der Waals surface area contributed by atoms with Crippen molar-refractivity contribution in [1.29, 1.82) is 0 Å². The van der Waals surface area contributed by atoms with Crippen molar-refractivity contribution in [3.8, 4) is 0 Å². The quantitative estimate of drug-likeness (QED) is 0.282. The van der Waals surface area contributed by atoms with E-state index >= 15 is 0 Å². The molecule has 28 heavy (non-hydrogen) atoms. The molecule has 3 N–H and O–H groups in total. The van der Waals surface area contributed by atoms with Gasteiger partial charge in [-0.2, -0.15) is 0 Å². The molecule has 0 aliphatic carbocycles. The third-order valence-corrected chi connectivity index (χ3v) is 4.73. The number of amides is 1. The molecule has 7 nitrogen and oxygen atoms in total. The minimum absolute atomic E-state index is 0.0162. The van der Waals surface area contributed by atoms with Crippen LogP contribution in [0.4, 0.5) is 0 Å². The molecule has 1 fully saturated rings. The number of aromatic nitrogens is 1. The van der Waals surface area contributed by atoms with E-state index in [9.17, 15) is 14.7 Å². The number of rotatable bonds is 7. The van der Waals surface area contributed by atoms with E-state index in [4.69, 9.17) is 16.7 Å². The topological polar surface area (TPSA) is 103 Å². The first-order valence-corrected chi connectivity index (χ1v) is 9.18. The summed E-state index contributed by atoms with van der Waals surface area (Å²) in [4.78, 5) is 30.9. The monoisotopic (exact) mass is 401 g/mol. The van der Waals surface area contributed by atoms with Gasteiger partial charge in [0.15, 0.2) is 0 Å². The van der Waals surface area contributed by atoms with Gasteiger partial charge in [0.25, 0.3) is 11.7 Å². The highest BCUT2D eigenvalue weighted by atomic mass is 35.5. The molecular weight excluding hydrogens is 382 g/mol. The Kier molecular flexibility index (Phi) is 6.41. The van der Waals surface area contributed by atoms with E-state index in [1.54, 1.807) is 48.8 Å². The summed E-state index contributed by atoms with van der Waals surface area (Å²) in [6.45, 7) is 0.987. The van der Waals surface area contributed by atoms with Crippen LogP contribution in [0.2, 0.25) is 5.02 Å². The molecule has 1 aliphatic heterocycles. The maximum atomic E-state index is 12.8. The van der Waals surface area contributed by atoms with Crippen LogP contribution in [0.1, 0.15) is 17.2 Å². The minimum Gasteiger partial charge on any atom is -0.507 e. The number of hydrogen-bond donors (Lipinski definition) is 3. The number of aliphatic hydroxyl groups excluding tert-OH is 2. The van der Waals surface area contributed by atoms with Crippen LogP contribution in [0.3, 0.4) is 0 Å². The smallest absolute Gasteiger partial charge is 0.295 e. The number of ketones is 1. The Morgan fingerprint density at radius 2 is 1.93 bits per heavy atom. The first kappa shape index (κ1) is 20.0. The van der Waals surface area contributed by atoms with Crippen LogP contribution in [0.5, 0.6) is 0 Å². The lowest BCUT2D eigenvalue weighted by Gasteiger charge is -2.25. The van der Waals surface area contributed by atoms with Gasteiger partial charge in [-0.15, -0.1) is 0 Å². The molecule has 2 heterocycles. The van der Waals surface area contributed by atoms with Gasteiger partial charge in [-0.3, -0.25) is 14.6 Å². The third kappa shape index (κ3) is 4.06. The molecule has 1 atom stereocenters. The van der Waals surface area contributed by atoms with Crippen molar-refractivity contribution in [2.24, 2.45) is 0 Å². The maximum Gasteiger partial charge on any atom is 0.295 e. The van der Waals surface area contributed by atoms with Crippen molar-refractivity contribution in [1.82, 2.24) is 15.2 Å². The lowest BCUT2D eigenvalue weighted by atomic mass is 9.96. The fourth-order valence-electron chi connectivity index (χ4n) is 3.16. The number of Topliss-reactive ketones (excluding diaryl/α,β-unsaturated/α-hetero) is 1. The first-order chi connectivity index (χ1) is 13.5. The highest BCUT2D eigenvalue weighted by Gasteiger charge is 2.45. The summed E-state index contributed by atoms with van der Waals surface area (Å²) in [5.74, 6) is -1.69. The number of halogens is 1. The summed E-state index contributed by atoms with van der Waals surface area (Å²) in [6.07, 6.45) is 3.16. The first-order valence-electron chi connectivity index (χ1n) is 8.80. The predicted octanol–water partition coefficient (Wildman–Crippen LogP) is 1.74. The van der Waals surface area contributed by atoms with E-state index in [0.717, 1.165) is 0 Å². The van der Waals surface area contributed by atoms with Crippen molar-refractivity contribution in [3.05, 3.63) is 70.5 Å². The molecule has 1 aromatic heterocycles. The second-order valence-corrected chi connectivity index (χ2v) is 6.70. The van der Waals surface area contributed by atoms with E-state index in [1.165, 1.54) is 4.90 Å². The van der Waals surface area contributed by atoms with Crippen molar-refractivity contribution >= 4 is 29.1 Å². The van der Waals surface area contributed by atoms with Crippen molar-refractivity contribution in [2.45, 2.75) is 6.04 Å². The summed E-state index contributed by atoms with van der Waals surface area (Å²) in [6, 6.07) is 9.10. The van der Waals surface area contributed by atoms with Crippen molar-refractivity contribution in [2.75, 3.05) is 26.2 Å². The molecule has 1 amide bonds. The summed E-state index contributed by atoms with van der Waals surface area (Å²) in [5.41, 5.74) is 1.04. The molecule has 1 aromatic carbocycles. The highest BCUT2D eigenvalue weighted by molar-refractivity contribution is 6.46. The standard InChI is InChI=1S/C20H20ClN3O4/c21-15-5-3-13(4-6-15)18(26)16-17(14-2-1-7-23-12-14)24(20(28)19(16)27)10-8-22-9-11-25/h1-7,12,17,22,25-26H,8-11H2/t17-/m1/s1. The van der Waals surface area contributed by atoms with E-state index in [-0.39, 0.29) is 24.5 Å². The number of pyridine rings is 1. The van der Waals surface area contributed by atoms with Crippen molar-refractivity contribution in [3.63, 3.8) is 0 Å². The zero-order chi connectivity index (χ0) is 20.1. The Labute approximate surface area is 167 Å². The summed E-state index contributed by atoms with van der Waals surface area (Å²) in [5, 5.41) is 23.2. The molecule has 0 spiro atoms. The Morgan fingerprint density at radius 1 is 1.18 bits per heavy atom. The Bertz CT molecular complexity index is 884. The van der Waals surface area contributed by atoms with Gasteiger partial charge in [-0.25, -0.2) is 0 Å². The lowest BCUT2D eigenvalue weighted by molar-refractivity contribution is -0.139. The van der Waals surface area contributed by atoms with Crippen LogP contribution in [0.25, 0.3) is 5.76 Å². The number of hydrogen-bond acceptors (Lipinski definition) is 6. The summed E-state index contributed by atoms with van der Waals surface area (Å²) < 4.78 is 0. The fraction of sp³-hybridized carbons (Fsp3) is 0.250. The molecule has 146 valence electrons. The summed E-state index contributed by atoms with van der Waals surface area (Å²) in [7, 11) is 0. The Hall–Kier alpha value is -2.74. The van der Waals surface area contributed by atoms with E-state index in [0.29, 0.717) is 29.2 Å². The molecule has 1 aliphatic rings. The van der Waals surface area contributed by atoms with Crippen LogP contribution >= 0.6 is 11.6 Å². The molecule has 0 bridgehead atoms. The second kappa shape index (κ2) is 8.97. The van der Waals surface area contributed by atoms with Gasteiger partial charge in [-0.1, -0.05) is 17.7 Å². The molecule has 2 aromatic rings. The highest BCUT2D eigenvalue weighted by Crippen LogP contribution is 2.38. The van der Waals surface area contributed by atoms with Gasteiger partial charge in [0.1, 0.15) is 5.76 Å². The molecule has 0 saturated carbocycles. The van der Waals surface area contributed by atoms with Gasteiger partial charge in [0.05, 0.1) is 18.2 Å². The molecule has 0 radical (unpaired) electrons. The molecule has 0 unspecified atom stereocenters. The van der Waals surface area contributed by atoms with Gasteiger partial charge >= 0.3 is 0 Å². The van der Waals surface area contributed by atoms with Crippen LogP contribution < -0.4 is 5.32 Å². The average Bonchev–Trinajstić information content (AvgIpc) is 2.97. The van der Waals surface area contributed by atoms with Gasteiger partial charge < -0.3 is 20.4 Å². The van der Waals surface area contributed by atoms with Crippen LogP contribution in [0.15, 0.2) is 54.4 Å². The Morgan fingerprint density at radius 3 is 2.57 bits per heavy atom. The number of aliphatic hydroxyl groups is 2. The van der Waals surface area contributed by atoms with Crippen LogP contribution in [-0.2, 0) is 9.59 Å². The van der Waals surface area contributed by atoms with E-state index < -0.39 is 17.7 Å². The fourth-order valence-corrected chi connectivity index (χ4v) is 3.29. The molecule has 1 saturated heterocycles. The number of carbonyl (C=O) groups excluding carboxylic acids is 2. The maximum absolute atomic E-state index is 12.8. The zero-order valence-electron chi connectivity index (χ0n) is 15.0. The zero-order valence-corrected chi connectivity index (χ0v) is 15.8. The molecular formula is C20H20ClN3O4. The SMILES string of the molecule is O=C1C(=O)N(CCNCCO)[C@H](c2cccnc2)C1=C(O)c1ccc(Cl)cc1. The minimum atomic E-state index is -0.750. The van der Waals surface area contributed by atoms with E-state index in [2.05, 4.69) is 10.3 Å². The Balaban J connectivity index is 2.03. The van der Waals surface area contributed by atoms with Gasteiger partial charge in [0.2, 0.25) is 0 Å². The lowest BCUT2D eigenvalue weighted by Crippen LogP contribution is -2.36. The average molecular weight is 402 g/mol. The van der Waals surface area contributed by atoms with Crippen molar-refractivity contribution < 1.29 is 19.8 Å². The van der Waals surface area contributed by atoms with E-state index in [1.807, 2.05) is 0 Å². The van der Waals surface area contributed by atoms with Crippen LogP contribution in [0, 0.1) is 0 Å². The number of nitrogens with one attached hydrogen (secondary N) is 1. The second-order valence-electron chi connectivity index (χ2n) is 6.26. The predicted molar refractivity (Wildman–Crippen MR) is 105 cm³/mol. The number of carbonyl (C=O) groups is 2. The number of benzene rings is 1.